The van der Waals surface area contributed by atoms with Gasteiger partial charge in [-0.1, -0.05) is 19.1 Å². The third-order valence-electron chi connectivity index (χ3n) is 5.91. The number of benzene rings is 2. The number of anilines is 1. The zero-order valence-corrected chi connectivity index (χ0v) is 20.6. The quantitative estimate of drug-likeness (QED) is 0.327. The topological polar surface area (TPSA) is 123 Å². The summed E-state index contributed by atoms with van der Waals surface area (Å²) in [5.41, 5.74) is 7.66. The molecular weight excluding hydrogens is 470 g/mol. The highest BCUT2D eigenvalue weighted by Gasteiger charge is 2.35. The number of nitrogens with one attached hydrogen (secondary N) is 2. The first-order chi connectivity index (χ1) is 17.0. The average molecular weight is 501 g/mol. The number of likely N-dealkylation sites (N-methyl/N-ethyl adjacent to an activating group) is 1. The molecule has 5 N–H and O–H groups in total. The zero-order chi connectivity index (χ0) is 26.6. The van der Waals surface area contributed by atoms with Gasteiger partial charge in [-0.05, 0) is 62.0 Å². The summed E-state index contributed by atoms with van der Waals surface area (Å²) in [5, 5.41) is 15.0. The van der Waals surface area contributed by atoms with Gasteiger partial charge in [0.15, 0.2) is 5.96 Å². The van der Waals surface area contributed by atoms with E-state index >= 15 is 0 Å². The number of hydrogen-bond acceptors (Lipinski definition) is 4. The van der Waals surface area contributed by atoms with Crippen molar-refractivity contribution in [2.24, 2.45) is 10.7 Å². The van der Waals surface area contributed by atoms with Crippen LogP contribution in [-0.2, 0) is 0 Å². The van der Waals surface area contributed by atoms with Crippen LogP contribution in [0.1, 0.15) is 34.3 Å². The number of carboxylic acid groups (broad SMARTS) is 1. The van der Waals surface area contributed by atoms with E-state index in [-0.39, 0.29) is 23.9 Å². The Morgan fingerprint density at radius 3 is 2.56 bits per heavy atom. The van der Waals surface area contributed by atoms with E-state index in [4.69, 9.17) is 5.73 Å². The van der Waals surface area contributed by atoms with Crippen molar-refractivity contribution in [3.63, 3.8) is 0 Å². The number of amides is 2. The second-order valence-corrected chi connectivity index (χ2v) is 8.73. The molecule has 1 aliphatic heterocycles. The largest absolute Gasteiger partial charge is 0.478 e. The Morgan fingerprint density at radius 1 is 1.28 bits per heavy atom. The monoisotopic (exact) mass is 500 g/mol. The van der Waals surface area contributed by atoms with Crippen LogP contribution in [0.3, 0.4) is 0 Å². The number of hydrogen-bond donors (Lipinski definition) is 4. The number of halogens is 2. The van der Waals surface area contributed by atoms with Crippen molar-refractivity contribution >= 4 is 23.6 Å². The molecule has 0 aromatic heterocycles. The number of nitrogens with zero attached hydrogens (tertiary/aromatic N) is 3. The maximum absolute atomic E-state index is 14.8. The highest BCUT2D eigenvalue weighted by atomic mass is 19.1. The Bertz CT molecular complexity index is 1210. The van der Waals surface area contributed by atoms with Crippen molar-refractivity contribution in [2.75, 3.05) is 38.6 Å². The highest BCUT2D eigenvalue weighted by Crippen LogP contribution is 2.35. The number of rotatable bonds is 8. The third kappa shape index (κ3) is 5.80. The van der Waals surface area contributed by atoms with Crippen LogP contribution in [0.4, 0.5) is 19.3 Å². The van der Waals surface area contributed by atoms with Crippen LogP contribution in [0.15, 0.2) is 52.8 Å². The lowest BCUT2D eigenvalue weighted by atomic mass is 9.87. The maximum Gasteiger partial charge on any atom is 0.335 e. The van der Waals surface area contributed by atoms with E-state index in [2.05, 4.69) is 15.6 Å². The van der Waals surface area contributed by atoms with Gasteiger partial charge in [-0.3, -0.25) is 4.99 Å². The first-order valence-electron chi connectivity index (χ1n) is 11.3. The Kier molecular flexibility index (Phi) is 8.25. The van der Waals surface area contributed by atoms with Crippen molar-refractivity contribution in [3.05, 3.63) is 76.1 Å². The Hall–Kier alpha value is -3.99. The minimum atomic E-state index is -1.08. The van der Waals surface area contributed by atoms with E-state index < -0.39 is 35.2 Å². The molecule has 0 aliphatic carbocycles. The van der Waals surface area contributed by atoms with Gasteiger partial charge in [0, 0.05) is 19.0 Å². The summed E-state index contributed by atoms with van der Waals surface area (Å²) in [6, 6.07) is 7.29. The van der Waals surface area contributed by atoms with Crippen molar-refractivity contribution < 1.29 is 23.5 Å². The van der Waals surface area contributed by atoms with Gasteiger partial charge in [-0.2, -0.15) is 0 Å². The molecule has 0 spiro atoms. The molecule has 1 unspecified atom stereocenters. The number of carboxylic acids is 1. The van der Waals surface area contributed by atoms with Gasteiger partial charge < -0.3 is 26.4 Å². The predicted octanol–water partition coefficient (Wildman–Crippen LogP) is 2.98. The van der Waals surface area contributed by atoms with Crippen molar-refractivity contribution in [1.29, 1.82) is 0 Å². The van der Waals surface area contributed by atoms with Gasteiger partial charge in [0.05, 0.1) is 12.1 Å². The van der Waals surface area contributed by atoms with Crippen LogP contribution in [0.25, 0.3) is 0 Å². The van der Waals surface area contributed by atoms with E-state index in [1.165, 1.54) is 12.1 Å². The highest BCUT2D eigenvalue weighted by molar-refractivity contribution is 5.98. The maximum atomic E-state index is 14.8. The van der Waals surface area contributed by atoms with E-state index in [0.29, 0.717) is 24.2 Å². The summed E-state index contributed by atoms with van der Waals surface area (Å²) in [6.07, 6.45) is 0. The second-order valence-electron chi connectivity index (χ2n) is 8.73. The average Bonchev–Trinajstić information content (AvgIpc) is 2.80. The number of carbonyl (C=O) groups excluding carboxylic acids is 1. The number of guanidine groups is 1. The number of nitrogens with two attached hydrogens (primary N) is 1. The predicted molar refractivity (Wildman–Crippen MR) is 134 cm³/mol. The van der Waals surface area contributed by atoms with Gasteiger partial charge in [-0.25, -0.2) is 23.3 Å². The molecule has 0 fully saturated rings. The summed E-state index contributed by atoms with van der Waals surface area (Å²) < 4.78 is 29.6. The molecule has 2 amide bonds. The lowest BCUT2D eigenvalue weighted by Crippen LogP contribution is -2.52. The fourth-order valence-electron chi connectivity index (χ4n) is 3.95. The SMILES string of the molecule is Cc1ccc(C(=O)O)cc1C(C)C1=C(NC(N)=NCCN(C)C)N(c2c(F)cccc2F)C(=O)NC1. The fraction of sp³-hybridized carbons (Fsp3) is 0.320. The minimum Gasteiger partial charge on any atom is -0.478 e. The molecule has 1 heterocycles. The van der Waals surface area contributed by atoms with Gasteiger partial charge in [0.25, 0.3) is 0 Å². The lowest BCUT2D eigenvalue weighted by molar-refractivity contribution is 0.0696. The number of aliphatic imine (C=N–C) groups is 1. The number of aromatic carboxylic acids is 1. The molecular formula is C25H30F2N6O3. The number of aryl methyl sites for hydroxylation is 1. The molecule has 0 radical (unpaired) electrons. The van der Waals surface area contributed by atoms with E-state index in [1.807, 2.05) is 32.8 Å². The van der Waals surface area contributed by atoms with Gasteiger partial charge in [-0.15, -0.1) is 0 Å². The normalized spacial score (nSPS) is 15.2. The minimum absolute atomic E-state index is 0.0380. The molecule has 0 bridgehead atoms. The van der Waals surface area contributed by atoms with Gasteiger partial charge >= 0.3 is 12.0 Å². The molecule has 1 atom stereocenters. The summed E-state index contributed by atoms with van der Waals surface area (Å²) in [4.78, 5) is 31.6. The fourth-order valence-corrected chi connectivity index (χ4v) is 3.95. The molecule has 0 saturated heterocycles. The molecule has 11 heteroatoms. The van der Waals surface area contributed by atoms with Crippen LogP contribution in [0, 0.1) is 18.6 Å². The van der Waals surface area contributed by atoms with Crippen LogP contribution in [0.5, 0.6) is 0 Å². The van der Waals surface area contributed by atoms with Crippen LogP contribution in [-0.4, -0.2) is 61.7 Å². The smallest absolute Gasteiger partial charge is 0.335 e. The summed E-state index contributed by atoms with van der Waals surface area (Å²) in [7, 11) is 3.76. The van der Waals surface area contributed by atoms with Crippen LogP contribution < -0.4 is 21.3 Å². The summed E-state index contributed by atoms with van der Waals surface area (Å²) in [5.74, 6) is -3.40. The summed E-state index contributed by atoms with van der Waals surface area (Å²) >= 11 is 0. The van der Waals surface area contributed by atoms with Gasteiger partial charge in [0.2, 0.25) is 0 Å². The standard InChI is InChI=1S/C25H30F2N6O3/c1-14-8-9-16(23(34)35)12-17(14)15(2)18-13-30-25(36)33(21-19(26)6-5-7-20(21)27)22(18)31-24(28)29-10-11-32(3)4/h5-9,12,15H,10-11,13H2,1-4H3,(H,30,36)(H,34,35)(H3,28,29,31). The van der Waals surface area contributed by atoms with Crippen molar-refractivity contribution in [2.45, 2.75) is 19.8 Å². The number of urea groups is 1. The molecule has 2 aromatic rings. The lowest BCUT2D eigenvalue weighted by Gasteiger charge is -2.35. The molecule has 36 heavy (non-hydrogen) atoms. The van der Waals surface area contributed by atoms with E-state index in [0.717, 1.165) is 22.6 Å². The second kappa shape index (κ2) is 11.2. The molecule has 0 saturated carbocycles. The van der Waals surface area contributed by atoms with E-state index in [1.54, 1.807) is 12.1 Å². The molecule has 1 aliphatic rings. The van der Waals surface area contributed by atoms with Crippen molar-refractivity contribution in [3.8, 4) is 0 Å². The number of carbonyl (C=O) groups is 2. The first kappa shape index (κ1) is 26.6. The zero-order valence-electron chi connectivity index (χ0n) is 20.6. The van der Waals surface area contributed by atoms with Crippen molar-refractivity contribution in [1.82, 2.24) is 15.5 Å². The molecule has 2 aromatic carbocycles. The van der Waals surface area contributed by atoms with E-state index in [9.17, 15) is 23.5 Å². The van der Waals surface area contributed by atoms with Gasteiger partial charge in [0.1, 0.15) is 23.1 Å². The molecule has 3 rings (SSSR count). The van der Waals surface area contributed by atoms with Crippen LogP contribution in [0.2, 0.25) is 0 Å². The molecule has 9 nitrogen and oxygen atoms in total. The Balaban J connectivity index is 2.18. The first-order valence-corrected chi connectivity index (χ1v) is 11.3. The Morgan fingerprint density at radius 2 is 1.94 bits per heavy atom. The molecule has 192 valence electrons. The summed E-state index contributed by atoms with van der Waals surface area (Å²) in [6.45, 7) is 4.65. The third-order valence-corrected chi connectivity index (χ3v) is 5.91. The van der Waals surface area contributed by atoms with Crippen LogP contribution >= 0.6 is 0 Å². The Labute approximate surface area is 208 Å². The number of para-hydroxylation sites is 1.